The molecule has 1 aromatic carbocycles. The molecule has 0 aliphatic rings. The van der Waals surface area contributed by atoms with E-state index in [4.69, 9.17) is 11.6 Å². The van der Waals surface area contributed by atoms with E-state index < -0.39 is 21.2 Å². The summed E-state index contributed by atoms with van der Waals surface area (Å²) in [6.45, 7) is 1.34. The second-order valence-electron chi connectivity index (χ2n) is 4.15. The molecule has 0 aliphatic carbocycles. The maximum absolute atomic E-state index is 12.1. The lowest BCUT2D eigenvalue weighted by Crippen LogP contribution is -2.39. The van der Waals surface area contributed by atoms with Crippen molar-refractivity contribution in [3.63, 3.8) is 0 Å². The van der Waals surface area contributed by atoms with E-state index in [1.807, 2.05) is 0 Å². The molecule has 0 radical (unpaired) electrons. The van der Waals surface area contributed by atoms with E-state index in [9.17, 15) is 13.2 Å². The van der Waals surface area contributed by atoms with Crippen LogP contribution < -0.4 is 4.72 Å². The molecule has 0 aliphatic heterocycles. The van der Waals surface area contributed by atoms with E-state index in [0.717, 1.165) is 0 Å². The van der Waals surface area contributed by atoms with Crippen molar-refractivity contribution in [2.75, 3.05) is 18.8 Å². The van der Waals surface area contributed by atoms with Gasteiger partial charge < -0.3 is 4.90 Å². The van der Waals surface area contributed by atoms with Crippen molar-refractivity contribution in [1.29, 1.82) is 0 Å². The second-order valence-corrected chi connectivity index (χ2v) is 7.44. The van der Waals surface area contributed by atoms with Crippen molar-refractivity contribution in [3.8, 4) is 0 Å². The number of carbonyl (C=O) groups excluding carboxylic acids is 1. The summed E-state index contributed by atoms with van der Waals surface area (Å²) in [5.41, 5.74) is 0.297. The molecule has 1 unspecified atom stereocenters. The van der Waals surface area contributed by atoms with Crippen LogP contribution in [0.2, 0.25) is 5.02 Å². The normalized spacial score (nSPS) is 12.9. The van der Waals surface area contributed by atoms with Crippen LogP contribution >= 0.6 is 27.5 Å². The Morgan fingerprint density at radius 2 is 2.00 bits per heavy atom. The highest BCUT2D eigenvalue weighted by Crippen LogP contribution is 2.27. The molecule has 1 amide bonds. The summed E-state index contributed by atoms with van der Waals surface area (Å²) < 4.78 is 27.1. The molecule has 19 heavy (non-hydrogen) atoms. The minimum Gasteiger partial charge on any atom is -0.348 e. The number of nitrogens with zero attached hydrogens (tertiary/aromatic N) is 1. The van der Waals surface area contributed by atoms with Crippen molar-refractivity contribution < 1.29 is 13.2 Å². The van der Waals surface area contributed by atoms with Crippen LogP contribution in [-0.2, 0) is 14.8 Å². The molecule has 0 aromatic heterocycles. The molecule has 0 saturated carbocycles. The summed E-state index contributed by atoms with van der Waals surface area (Å²) >= 11 is 9.02. The smallest absolute Gasteiger partial charge is 0.244 e. The number of amides is 1. The zero-order valence-corrected chi connectivity index (χ0v) is 13.8. The Balaban J connectivity index is 3.03. The average molecular weight is 370 g/mol. The van der Waals surface area contributed by atoms with Crippen LogP contribution in [0.5, 0.6) is 0 Å². The minimum atomic E-state index is -3.83. The lowest BCUT2D eigenvalue weighted by molar-refractivity contribution is -0.127. The number of sulfonamides is 1. The van der Waals surface area contributed by atoms with Crippen LogP contribution in [0.4, 0.5) is 5.69 Å². The molecule has 0 spiro atoms. The van der Waals surface area contributed by atoms with Gasteiger partial charge in [-0.05, 0) is 41.1 Å². The maximum Gasteiger partial charge on any atom is 0.244 e. The fourth-order valence-electron chi connectivity index (χ4n) is 1.31. The molecular formula is C11H14BrClN2O3S. The Bertz CT molecular complexity index is 590. The summed E-state index contributed by atoms with van der Waals surface area (Å²) in [4.78, 5) is 12.9. The Kier molecular flexibility index (Phi) is 5.23. The number of rotatable bonds is 4. The van der Waals surface area contributed by atoms with Gasteiger partial charge >= 0.3 is 0 Å². The first-order valence-corrected chi connectivity index (χ1v) is 8.04. The van der Waals surface area contributed by atoms with Crippen LogP contribution in [0.15, 0.2) is 22.7 Å². The zero-order chi connectivity index (χ0) is 14.8. The topological polar surface area (TPSA) is 66.5 Å². The van der Waals surface area contributed by atoms with Crippen LogP contribution in [-0.4, -0.2) is 38.6 Å². The fraction of sp³-hybridized carbons (Fsp3) is 0.364. The first-order chi connectivity index (χ1) is 8.65. The SMILES string of the molecule is CC(C(=O)N(C)C)S(=O)(=O)Nc1cc(Cl)ccc1Br. The highest BCUT2D eigenvalue weighted by atomic mass is 79.9. The lowest BCUT2D eigenvalue weighted by atomic mass is 10.3. The van der Waals surface area contributed by atoms with Gasteiger partial charge in [-0.2, -0.15) is 0 Å². The van der Waals surface area contributed by atoms with Gasteiger partial charge in [0.1, 0.15) is 0 Å². The van der Waals surface area contributed by atoms with Gasteiger partial charge in [0.2, 0.25) is 15.9 Å². The molecule has 0 heterocycles. The highest BCUT2D eigenvalue weighted by Gasteiger charge is 2.29. The summed E-state index contributed by atoms with van der Waals surface area (Å²) in [7, 11) is -0.819. The number of nitrogens with one attached hydrogen (secondary N) is 1. The van der Waals surface area contributed by atoms with Crippen molar-refractivity contribution in [1.82, 2.24) is 4.90 Å². The van der Waals surface area contributed by atoms with Crippen molar-refractivity contribution in [2.24, 2.45) is 0 Å². The van der Waals surface area contributed by atoms with Gasteiger partial charge in [-0.25, -0.2) is 8.42 Å². The third-order valence-corrected chi connectivity index (χ3v) is 5.00. The first-order valence-electron chi connectivity index (χ1n) is 5.33. The van der Waals surface area contributed by atoms with Gasteiger partial charge in [0.25, 0.3) is 0 Å². The summed E-state index contributed by atoms with van der Waals surface area (Å²) in [6.07, 6.45) is 0. The third-order valence-electron chi connectivity index (χ3n) is 2.43. The number of anilines is 1. The van der Waals surface area contributed by atoms with Crippen molar-refractivity contribution in [3.05, 3.63) is 27.7 Å². The van der Waals surface area contributed by atoms with Crippen LogP contribution in [0.3, 0.4) is 0 Å². The summed E-state index contributed by atoms with van der Waals surface area (Å²) in [6, 6.07) is 4.71. The molecule has 0 saturated heterocycles. The third kappa shape index (κ3) is 4.09. The number of benzene rings is 1. The van der Waals surface area contributed by atoms with E-state index in [1.54, 1.807) is 12.1 Å². The van der Waals surface area contributed by atoms with Crippen LogP contribution in [0.1, 0.15) is 6.92 Å². The predicted octanol–water partition coefficient (Wildman–Crippen LogP) is 2.32. The van der Waals surface area contributed by atoms with Gasteiger partial charge in [-0.1, -0.05) is 11.6 Å². The molecule has 1 aromatic rings. The molecule has 0 bridgehead atoms. The standard InChI is InChI=1S/C11H14BrClN2O3S/c1-7(11(16)15(2)3)19(17,18)14-10-6-8(13)4-5-9(10)12/h4-7,14H,1-3H3. The van der Waals surface area contributed by atoms with Gasteiger partial charge in [-0.15, -0.1) is 0 Å². The fourth-order valence-corrected chi connectivity index (χ4v) is 3.09. The average Bonchev–Trinajstić information content (AvgIpc) is 2.31. The van der Waals surface area contributed by atoms with Crippen molar-refractivity contribution >= 4 is 49.1 Å². The Morgan fingerprint density at radius 1 is 1.42 bits per heavy atom. The maximum atomic E-state index is 12.1. The summed E-state index contributed by atoms with van der Waals surface area (Å²) in [5.74, 6) is -0.495. The Labute approximate surface area is 126 Å². The molecular weight excluding hydrogens is 356 g/mol. The molecule has 8 heteroatoms. The van der Waals surface area contributed by atoms with E-state index in [1.165, 1.54) is 32.0 Å². The summed E-state index contributed by atoms with van der Waals surface area (Å²) in [5, 5.41) is -0.791. The molecule has 1 atom stereocenters. The quantitative estimate of drug-likeness (QED) is 0.885. The number of hydrogen-bond donors (Lipinski definition) is 1. The largest absolute Gasteiger partial charge is 0.348 e. The van der Waals surface area contributed by atoms with Crippen LogP contribution in [0, 0.1) is 0 Å². The van der Waals surface area contributed by atoms with E-state index in [2.05, 4.69) is 20.7 Å². The zero-order valence-electron chi connectivity index (χ0n) is 10.6. The van der Waals surface area contributed by atoms with Crippen molar-refractivity contribution in [2.45, 2.75) is 12.2 Å². The number of hydrogen-bond acceptors (Lipinski definition) is 3. The van der Waals surface area contributed by atoms with Gasteiger partial charge in [0, 0.05) is 23.6 Å². The van der Waals surface area contributed by atoms with Gasteiger partial charge in [0.05, 0.1) is 5.69 Å². The Hall–Kier alpha value is -0.790. The lowest BCUT2D eigenvalue weighted by Gasteiger charge is -2.18. The molecule has 106 valence electrons. The van der Waals surface area contributed by atoms with Gasteiger partial charge in [-0.3, -0.25) is 9.52 Å². The van der Waals surface area contributed by atoms with E-state index in [0.29, 0.717) is 15.2 Å². The molecule has 5 nitrogen and oxygen atoms in total. The monoisotopic (exact) mass is 368 g/mol. The second kappa shape index (κ2) is 6.11. The van der Waals surface area contributed by atoms with Gasteiger partial charge in [0.15, 0.2) is 5.25 Å². The molecule has 1 rings (SSSR count). The van der Waals surface area contributed by atoms with Crippen LogP contribution in [0.25, 0.3) is 0 Å². The number of carbonyl (C=O) groups is 1. The Morgan fingerprint density at radius 3 is 2.53 bits per heavy atom. The number of halogens is 2. The predicted molar refractivity (Wildman–Crippen MR) is 79.9 cm³/mol. The first kappa shape index (κ1) is 16.3. The highest BCUT2D eigenvalue weighted by molar-refractivity contribution is 9.10. The van der Waals surface area contributed by atoms with E-state index >= 15 is 0 Å². The van der Waals surface area contributed by atoms with E-state index in [-0.39, 0.29) is 0 Å². The molecule has 0 fully saturated rings. The molecule has 1 N–H and O–H groups in total. The minimum absolute atomic E-state index is 0.297.